The van der Waals surface area contributed by atoms with Crippen molar-refractivity contribution in [1.82, 2.24) is 20.4 Å². The van der Waals surface area contributed by atoms with Gasteiger partial charge in [0.1, 0.15) is 5.76 Å². The molecule has 2 amide bonds. The number of likely N-dealkylation sites (tertiary alicyclic amines) is 1. The summed E-state index contributed by atoms with van der Waals surface area (Å²) in [7, 11) is 0. The largest absolute Gasteiger partial charge is 0.361 e. The summed E-state index contributed by atoms with van der Waals surface area (Å²) in [6.07, 6.45) is 5.13. The Hall–Kier alpha value is -2.70. The van der Waals surface area contributed by atoms with Gasteiger partial charge in [-0.25, -0.2) is 0 Å². The van der Waals surface area contributed by atoms with E-state index < -0.39 is 0 Å². The highest BCUT2D eigenvalue weighted by Gasteiger charge is 2.54. The van der Waals surface area contributed by atoms with E-state index in [1.165, 1.54) is 0 Å². The average Bonchev–Trinajstić information content (AvgIpc) is 3.23. The first-order valence-electron chi connectivity index (χ1n) is 9.86. The van der Waals surface area contributed by atoms with Crippen LogP contribution in [0.15, 0.2) is 28.9 Å². The van der Waals surface area contributed by atoms with Crippen molar-refractivity contribution in [3.63, 3.8) is 0 Å². The van der Waals surface area contributed by atoms with Gasteiger partial charge in [0.15, 0.2) is 0 Å². The molecule has 0 aromatic carbocycles. The number of pyridine rings is 1. The molecule has 1 saturated carbocycles. The standard InChI is InChI=1S/C21H26N4O3/c1-14-17(15(2)28-24-14)10-19(26)25-12-18(21(13-25)7-5-8-21)20(27)23-11-16-6-3-4-9-22-16/h3-4,6,9,18H,5,7-8,10-13H2,1-2H3,(H,23,27). The molecule has 7 heteroatoms. The molecular weight excluding hydrogens is 356 g/mol. The van der Waals surface area contributed by atoms with E-state index in [1.54, 1.807) is 6.20 Å². The van der Waals surface area contributed by atoms with Crippen LogP contribution in [0.4, 0.5) is 0 Å². The van der Waals surface area contributed by atoms with E-state index in [9.17, 15) is 9.59 Å². The number of amides is 2. The Morgan fingerprint density at radius 2 is 2.14 bits per heavy atom. The molecule has 1 aliphatic carbocycles. The maximum absolute atomic E-state index is 12.9. The normalized spacial score (nSPS) is 20.2. The molecule has 2 fully saturated rings. The number of carbonyl (C=O) groups excluding carboxylic acids is 2. The SMILES string of the molecule is Cc1noc(C)c1CC(=O)N1CC(C(=O)NCc2ccccn2)C2(CCC2)C1. The minimum Gasteiger partial charge on any atom is -0.361 e. The Labute approximate surface area is 164 Å². The van der Waals surface area contributed by atoms with Crippen LogP contribution in [0, 0.1) is 25.2 Å². The molecular formula is C21H26N4O3. The number of aryl methyl sites for hydroxylation is 2. The van der Waals surface area contributed by atoms with Crippen molar-refractivity contribution < 1.29 is 14.1 Å². The zero-order valence-electron chi connectivity index (χ0n) is 16.4. The van der Waals surface area contributed by atoms with Crippen molar-refractivity contribution in [2.75, 3.05) is 13.1 Å². The zero-order valence-corrected chi connectivity index (χ0v) is 16.4. The number of nitrogens with one attached hydrogen (secondary N) is 1. The Morgan fingerprint density at radius 1 is 1.32 bits per heavy atom. The van der Waals surface area contributed by atoms with E-state index >= 15 is 0 Å². The number of aromatic nitrogens is 2. The Morgan fingerprint density at radius 3 is 2.75 bits per heavy atom. The van der Waals surface area contributed by atoms with Gasteiger partial charge in [-0.3, -0.25) is 14.6 Å². The summed E-state index contributed by atoms with van der Waals surface area (Å²) in [5.41, 5.74) is 2.38. The summed E-state index contributed by atoms with van der Waals surface area (Å²) in [5.74, 6) is 0.602. The summed E-state index contributed by atoms with van der Waals surface area (Å²) in [6.45, 7) is 5.24. The lowest BCUT2D eigenvalue weighted by Gasteiger charge is -2.41. The lowest BCUT2D eigenvalue weighted by Crippen LogP contribution is -2.45. The van der Waals surface area contributed by atoms with Gasteiger partial charge in [-0.15, -0.1) is 0 Å². The number of hydrogen-bond donors (Lipinski definition) is 1. The molecule has 1 atom stereocenters. The second-order valence-corrected chi connectivity index (χ2v) is 8.06. The van der Waals surface area contributed by atoms with Crippen molar-refractivity contribution in [3.8, 4) is 0 Å². The Balaban J connectivity index is 1.42. The number of carbonyl (C=O) groups is 2. The van der Waals surface area contributed by atoms with Crippen LogP contribution >= 0.6 is 0 Å². The molecule has 4 rings (SSSR count). The molecule has 7 nitrogen and oxygen atoms in total. The van der Waals surface area contributed by atoms with E-state index in [-0.39, 0.29) is 29.6 Å². The fourth-order valence-corrected chi connectivity index (χ4v) is 4.48. The number of rotatable bonds is 5. The number of nitrogens with zero attached hydrogens (tertiary/aromatic N) is 3. The lowest BCUT2D eigenvalue weighted by molar-refractivity contribution is -0.130. The third-order valence-electron chi connectivity index (χ3n) is 6.35. The van der Waals surface area contributed by atoms with Crippen molar-refractivity contribution in [1.29, 1.82) is 0 Å². The lowest BCUT2D eigenvalue weighted by atomic mass is 9.62. The molecule has 148 valence electrons. The van der Waals surface area contributed by atoms with Gasteiger partial charge < -0.3 is 14.7 Å². The van der Waals surface area contributed by atoms with Gasteiger partial charge in [-0.1, -0.05) is 17.6 Å². The van der Waals surface area contributed by atoms with E-state index in [1.807, 2.05) is 36.9 Å². The highest BCUT2D eigenvalue weighted by molar-refractivity contribution is 5.84. The molecule has 1 unspecified atom stereocenters. The summed E-state index contributed by atoms with van der Waals surface area (Å²) in [5, 5.41) is 6.96. The van der Waals surface area contributed by atoms with Crippen LogP contribution in [-0.2, 0) is 22.6 Å². The molecule has 28 heavy (non-hydrogen) atoms. The van der Waals surface area contributed by atoms with Gasteiger partial charge in [-0.05, 0) is 38.8 Å². The zero-order chi connectivity index (χ0) is 19.7. The van der Waals surface area contributed by atoms with E-state index in [0.29, 0.717) is 25.4 Å². The molecule has 2 aromatic rings. The van der Waals surface area contributed by atoms with Gasteiger partial charge in [0.05, 0.1) is 30.3 Å². The number of hydrogen-bond acceptors (Lipinski definition) is 5. The minimum absolute atomic E-state index is 0.0259. The molecule has 1 N–H and O–H groups in total. The monoisotopic (exact) mass is 382 g/mol. The molecule has 1 spiro atoms. The summed E-state index contributed by atoms with van der Waals surface area (Å²) in [6, 6.07) is 5.66. The van der Waals surface area contributed by atoms with Crippen LogP contribution in [-0.4, -0.2) is 39.9 Å². The quantitative estimate of drug-likeness (QED) is 0.856. The maximum atomic E-state index is 12.9. The van der Waals surface area contributed by atoms with Crippen LogP contribution in [0.25, 0.3) is 0 Å². The average molecular weight is 382 g/mol. The van der Waals surface area contributed by atoms with Crippen LogP contribution in [0.2, 0.25) is 0 Å². The van der Waals surface area contributed by atoms with Crippen molar-refractivity contribution >= 4 is 11.8 Å². The second kappa shape index (κ2) is 7.37. The van der Waals surface area contributed by atoms with Crippen LogP contribution in [0.3, 0.4) is 0 Å². The Bertz CT molecular complexity index is 854. The summed E-state index contributed by atoms with van der Waals surface area (Å²) >= 11 is 0. The molecule has 3 heterocycles. The van der Waals surface area contributed by atoms with Gasteiger partial charge in [-0.2, -0.15) is 0 Å². The molecule has 2 aromatic heterocycles. The third kappa shape index (κ3) is 3.41. The summed E-state index contributed by atoms with van der Waals surface area (Å²) in [4.78, 5) is 31.9. The second-order valence-electron chi connectivity index (χ2n) is 8.06. The van der Waals surface area contributed by atoms with Crippen LogP contribution in [0.5, 0.6) is 0 Å². The van der Waals surface area contributed by atoms with Gasteiger partial charge in [0, 0.05) is 30.3 Å². The Kier molecular flexibility index (Phi) is 4.91. The minimum atomic E-state index is -0.154. The maximum Gasteiger partial charge on any atom is 0.227 e. The van der Waals surface area contributed by atoms with Crippen molar-refractivity contribution in [2.45, 2.75) is 46.1 Å². The van der Waals surface area contributed by atoms with Gasteiger partial charge in [0.25, 0.3) is 0 Å². The topological polar surface area (TPSA) is 88.3 Å². The van der Waals surface area contributed by atoms with Gasteiger partial charge >= 0.3 is 0 Å². The molecule has 2 aliphatic rings. The first-order valence-corrected chi connectivity index (χ1v) is 9.86. The molecule has 0 bridgehead atoms. The molecule has 0 radical (unpaired) electrons. The third-order valence-corrected chi connectivity index (χ3v) is 6.35. The van der Waals surface area contributed by atoms with Crippen molar-refractivity contribution in [2.24, 2.45) is 11.3 Å². The van der Waals surface area contributed by atoms with E-state index in [2.05, 4.69) is 15.5 Å². The first-order chi connectivity index (χ1) is 13.5. The molecule has 1 saturated heterocycles. The highest BCUT2D eigenvalue weighted by Crippen LogP contribution is 2.51. The van der Waals surface area contributed by atoms with E-state index in [0.717, 1.165) is 36.2 Å². The van der Waals surface area contributed by atoms with Gasteiger partial charge in [0.2, 0.25) is 11.8 Å². The predicted molar refractivity (Wildman–Crippen MR) is 102 cm³/mol. The highest BCUT2D eigenvalue weighted by atomic mass is 16.5. The van der Waals surface area contributed by atoms with E-state index in [4.69, 9.17) is 4.52 Å². The van der Waals surface area contributed by atoms with Crippen LogP contribution in [0.1, 0.15) is 42.0 Å². The summed E-state index contributed by atoms with van der Waals surface area (Å²) < 4.78 is 5.17. The molecule has 1 aliphatic heterocycles. The van der Waals surface area contributed by atoms with Crippen molar-refractivity contribution in [3.05, 3.63) is 47.1 Å². The van der Waals surface area contributed by atoms with Crippen LogP contribution < -0.4 is 5.32 Å². The predicted octanol–water partition coefficient (Wildman–Crippen LogP) is 2.17. The first kappa shape index (κ1) is 18.7. The fraction of sp³-hybridized carbons (Fsp3) is 0.524. The fourth-order valence-electron chi connectivity index (χ4n) is 4.48. The smallest absolute Gasteiger partial charge is 0.227 e.